The van der Waals surface area contributed by atoms with E-state index in [1.165, 1.54) is 11.8 Å². The van der Waals surface area contributed by atoms with E-state index in [0.29, 0.717) is 17.2 Å². The molecule has 26 heavy (non-hydrogen) atoms. The van der Waals surface area contributed by atoms with Gasteiger partial charge in [0.15, 0.2) is 0 Å². The van der Waals surface area contributed by atoms with Crippen LogP contribution in [0.4, 0.5) is 0 Å². The zero-order valence-corrected chi connectivity index (χ0v) is 16.7. The van der Waals surface area contributed by atoms with Crippen molar-refractivity contribution < 1.29 is 9.53 Å². The van der Waals surface area contributed by atoms with Crippen LogP contribution in [0.25, 0.3) is 10.4 Å². The highest BCUT2D eigenvalue weighted by Gasteiger charge is 2.27. The maximum Gasteiger partial charge on any atom is 0.319 e. The van der Waals surface area contributed by atoms with Crippen molar-refractivity contribution in [1.82, 2.24) is 9.88 Å². The average molecular weight is 388 g/mol. The van der Waals surface area contributed by atoms with E-state index >= 15 is 0 Å². The largest absolute Gasteiger partial charge is 0.465 e. The SMILES string of the molecule is CCOC(=O)[C@H](C)Sc1nc2c(c(-c3cccs3)c1C#N)CN(C)CC2. The van der Waals surface area contributed by atoms with Gasteiger partial charge in [-0.2, -0.15) is 5.26 Å². The number of thioether (sulfide) groups is 1. The molecule has 5 nitrogen and oxygen atoms in total. The van der Waals surface area contributed by atoms with E-state index in [4.69, 9.17) is 9.72 Å². The number of pyridine rings is 1. The number of nitriles is 1. The van der Waals surface area contributed by atoms with Crippen molar-refractivity contribution in [2.45, 2.75) is 37.1 Å². The number of likely N-dealkylation sites (N-methyl/N-ethyl adjacent to an activating group) is 1. The lowest BCUT2D eigenvalue weighted by Gasteiger charge is -2.27. The normalized spacial score (nSPS) is 15.2. The Labute approximate surface area is 162 Å². The fourth-order valence-electron chi connectivity index (χ4n) is 3.03. The molecule has 0 saturated heterocycles. The molecule has 0 bridgehead atoms. The van der Waals surface area contributed by atoms with Gasteiger partial charge in [-0.05, 0) is 37.9 Å². The van der Waals surface area contributed by atoms with Crippen LogP contribution in [0.5, 0.6) is 0 Å². The lowest BCUT2D eigenvalue weighted by atomic mass is 9.96. The Kier molecular flexibility index (Phi) is 5.97. The molecule has 0 N–H and O–H groups in total. The summed E-state index contributed by atoms with van der Waals surface area (Å²) in [6, 6.07) is 6.38. The minimum atomic E-state index is -0.407. The summed E-state index contributed by atoms with van der Waals surface area (Å²) in [6.07, 6.45) is 0.845. The van der Waals surface area contributed by atoms with Crippen molar-refractivity contribution >= 4 is 29.1 Å². The summed E-state index contributed by atoms with van der Waals surface area (Å²) in [4.78, 5) is 20.1. The predicted molar refractivity (Wildman–Crippen MR) is 104 cm³/mol. The van der Waals surface area contributed by atoms with Gasteiger partial charge in [0, 0.05) is 35.6 Å². The van der Waals surface area contributed by atoms with E-state index in [1.54, 1.807) is 25.2 Å². The number of ether oxygens (including phenoxy) is 1. The second-order valence-electron chi connectivity index (χ2n) is 6.18. The Morgan fingerprint density at radius 1 is 1.58 bits per heavy atom. The monoisotopic (exact) mass is 387 g/mol. The molecule has 0 unspecified atom stereocenters. The number of carbonyl (C=O) groups excluding carboxylic acids is 1. The van der Waals surface area contributed by atoms with Crippen molar-refractivity contribution in [3.05, 3.63) is 34.3 Å². The molecule has 3 heterocycles. The van der Waals surface area contributed by atoms with Crippen LogP contribution in [0.15, 0.2) is 22.5 Å². The van der Waals surface area contributed by atoms with E-state index in [0.717, 1.165) is 41.2 Å². The Balaban J connectivity index is 2.10. The zero-order chi connectivity index (χ0) is 18.7. The maximum absolute atomic E-state index is 12.0. The molecule has 0 spiro atoms. The molecule has 0 amide bonds. The second kappa shape index (κ2) is 8.21. The minimum absolute atomic E-state index is 0.279. The van der Waals surface area contributed by atoms with Crippen LogP contribution in [-0.4, -0.2) is 41.3 Å². The van der Waals surface area contributed by atoms with Crippen LogP contribution >= 0.6 is 23.1 Å². The topological polar surface area (TPSA) is 66.2 Å². The van der Waals surface area contributed by atoms with Gasteiger partial charge < -0.3 is 9.64 Å². The van der Waals surface area contributed by atoms with Crippen LogP contribution in [0.1, 0.15) is 30.7 Å². The molecule has 2 aromatic rings. The minimum Gasteiger partial charge on any atom is -0.465 e. The van der Waals surface area contributed by atoms with Crippen molar-refractivity contribution in [1.29, 1.82) is 5.26 Å². The number of esters is 1. The van der Waals surface area contributed by atoms with Crippen LogP contribution < -0.4 is 0 Å². The molecule has 1 aliphatic rings. The third-order valence-electron chi connectivity index (χ3n) is 4.30. The number of aromatic nitrogens is 1. The van der Waals surface area contributed by atoms with Crippen LogP contribution in [-0.2, 0) is 22.5 Å². The molecule has 2 aromatic heterocycles. The Bertz CT molecular complexity index is 843. The molecule has 0 aromatic carbocycles. The van der Waals surface area contributed by atoms with Crippen LogP contribution in [0.3, 0.4) is 0 Å². The van der Waals surface area contributed by atoms with Gasteiger partial charge >= 0.3 is 5.97 Å². The summed E-state index contributed by atoms with van der Waals surface area (Å²) >= 11 is 2.93. The summed E-state index contributed by atoms with van der Waals surface area (Å²) in [5, 5.41) is 12.1. The van der Waals surface area contributed by atoms with Gasteiger partial charge in [0.05, 0.1) is 12.2 Å². The number of thiophene rings is 1. The van der Waals surface area contributed by atoms with E-state index < -0.39 is 5.25 Å². The summed E-state index contributed by atoms with van der Waals surface area (Å²) in [5.74, 6) is -0.279. The van der Waals surface area contributed by atoms with E-state index in [9.17, 15) is 10.1 Å². The van der Waals surface area contributed by atoms with Gasteiger partial charge in [0.1, 0.15) is 16.3 Å². The van der Waals surface area contributed by atoms with Crippen molar-refractivity contribution in [2.24, 2.45) is 0 Å². The van der Waals surface area contributed by atoms with Crippen LogP contribution in [0.2, 0.25) is 0 Å². The average Bonchev–Trinajstić information content (AvgIpc) is 3.15. The van der Waals surface area contributed by atoms with Crippen molar-refractivity contribution in [3.63, 3.8) is 0 Å². The molecule has 136 valence electrons. The highest BCUT2D eigenvalue weighted by Crippen LogP contribution is 2.39. The number of rotatable bonds is 5. The second-order valence-corrected chi connectivity index (χ2v) is 8.46. The fourth-order valence-corrected chi connectivity index (χ4v) is 4.76. The first-order valence-electron chi connectivity index (χ1n) is 8.56. The van der Waals surface area contributed by atoms with Gasteiger partial charge in [-0.1, -0.05) is 17.8 Å². The van der Waals surface area contributed by atoms with Gasteiger partial charge in [-0.15, -0.1) is 11.3 Å². The summed E-state index contributed by atoms with van der Waals surface area (Å²) in [7, 11) is 2.08. The highest BCUT2D eigenvalue weighted by molar-refractivity contribution is 8.00. The van der Waals surface area contributed by atoms with Crippen molar-refractivity contribution in [3.8, 4) is 16.5 Å². The number of fused-ring (bicyclic) bond motifs is 1. The molecule has 7 heteroatoms. The van der Waals surface area contributed by atoms with Crippen LogP contribution in [0, 0.1) is 11.3 Å². The lowest BCUT2D eigenvalue weighted by molar-refractivity contribution is -0.142. The summed E-state index contributed by atoms with van der Waals surface area (Å²) < 4.78 is 5.10. The first-order chi connectivity index (χ1) is 12.5. The van der Waals surface area contributed by atoms with Gasteiger partial charge in [-0.3, -0.25) is 4.79 Å². The predicted octanol–water partition coefficient (Wildman–Crippen LogP) is 3.71. The molecule has 0 aliphatic carbocycles. The van der Waals surface area contributed by atoms with E-state index in [2.05, 4.69) is 18.0 Å². The van der Waals surface area contributed by atoms with E-state index in [1.807, 2.05) is 17.5 Å². The highest BCUT2D eigenvalue weighted by atomic mass is 32.2. The van der Waals surface area contributed by atoms with E-state index in [-0.39, 0.29) is 5.97 Å². The summed E-state index contributed by atoms with van der Waals surface area (Å²) in [6.45, 7) is 5.65. The fraction of sp³-hybridized carbons (Fsp3) is 0.421. The third-order valence-corrected chi connectivity index (χ3v) is 6.25. The summed E-state index contributed by atoms with van der Waals surface area (Å²) in [5.41, 5.74) is 3.69. The molecular formula is C19H21N3O2S2. The Hall–Kier alpha value is -1.88. The van der Waals surface area contributed by atoms with Gasteiger partial charge in [0.2, 0.25) is 0 Å². The molecule has 1 aliphatic heterocycles. The Morgan fingerprint density at radius 3 is 3.04 bits per heavy atom. The number of hydrogen-bond acceptors (Lipinski definition) is 7. The van der Waals surface area contributed by atoms with Gasteiger partial charge in [0.25, 0.3) is 0 Å². The number of nitrogens with zero attached hydrogens (tertiary/aromatic N) is 3. The quantitative estimate of drug-likeness (QED) is 0.575. The first-order valence-corrected chi connectivity index (χ1v) is 10.3. The Morgan fingerprint density at radius 2 is 2.38 bits per heavy atom. The standard InChI is InChI=1S/C19H21N3O2S2/c1-4-24-19(23)12(2)26-18-13(10-20)17(16-6-5-9-25-16)14-11-22(3)8-7-15(14)21-18/h5-6,9,12H,4,7-8,11H2,1-3H3/t12-/m0/s1. The molecule has 0 radical (unpaired) electrons. The van der Waals surface area contributed by atoms with Crippen molar-refractivity contribution in [2.75, 3.05) is 20.2 Å². The molecule has 0 saturated carbocycles. The first kappa shape index (κ1) is 18.9. The number of hydrogen-bond donors (Lipinski definition) is 0. The third kappa shape index (κ3) is 3.78. The number of carbonyl (C=O) groups is 1. The smallest absolute Gasteiger partial charge is 0.319 e. The van der Waals surface area contributed by atoms with Gasteiger partial charge in [-0.25, -0.2) is 4.98 Å². The zero-order valence-electron chi connectivity index (χ0n) is 15.1. The molecule has 3 rings (SSSR count). The molecule has 1 atom stereocenters. The maximum atomic E-state index is 12.0. The lowest BCUT2D eigenvalue weighted by Crippen LogP contribution is -2.28. The molecule has 0 fully saturated rings. The molecular weight excluding hydrogens is 366 g/mol.